The summed E-state index contributed by atoms with van der Waals surface area (Å²) in [5.74, 6) is 0.535. The third-order valence-electron chi connectivity index (χ3n) is 4.98. The number of piperidine rings is 1. The summed E-state index contributed by atoms with van der Waals surface area (Å²) in [6.07, 6.45) is 5.15. The van der Waals surface area contributed by atoms with Crippen molar-refractivity contribution in [3.05, 3.63) is 54.2 Å². The van der Waals surface area contributed by atoms with Crippen molar-refractivity contribution < 1.29 is 14.3 Å². The first-order valence-electron chi connectivity index (χ1n) is 9.90. The Morgan fingerprint density at radius 1 is 1.00 bits per heavy atom. The summed E-state index contributed by atoms with van der Waals surface area (Å²) in [4.78, 5) is 14.8. The van der Waals surface area contributed by atoms with Gasteiger partial charge in [-0.05, 0) is 55.7 Å². The highest BCUT2D eigenvalue weighted by atomic mass is 16.5. The van der Waals surface area contributed by atoms with Gasteiger partial charge < -0.3 is 25.0 Å². The van der Waals surface area contributed by atoms with Gasteiger partial charge in [-0.25, -0.2) is 0 Å². The van der Waals surface area contributed by atoms with E-state index >= 15 is 0 Å². The Labute approximate surface area is 176 Å². The Bertz CT molecular complexity index is 942. The Hall–Kier alpha value is -3.66. The summed E-state index contributed by atoms with van der Waals surface area (Å²) < 4.78 is 10.4. The third-order valence-corrected chi connectivity index (χ3v) is 4.98. The molecule has 2 N–H and O–H groups in total. The van der Waals surface area contributed by atoms with Crippen LogP contribution < -0.4 is 25.0 Å². The molecule has 2 aromatic carbocycles. The van der Waals surface area contributed by atoms with Crippen LogP contribution in [0, 0.1) is 11.3 Å². The van der Waals surface area contributed by atoms with E-state index in [1.807, 2.05) is 18.2 Å². The number of methoxy groups -OCH3 is 2. The van der Waals surface area contributed by atoms with Crippen molar-refractivity contribution >= 4 is 23.0 Å². The van der Waals surface area contributed by atoms with Crippen molar-refractivity contribution in [1.82, 2.24) is 0 Å². The van der Waals surface area contributed by atoms with Crippen molar-refractivity contribution in [2.45, 2.75) is 19.3 Å². The van der Waals surface area contributed by atoms with Crippen molar-refractivity contribution in [3.63, 3.8) is 0 Å². The van der Waals surface area contributed by atoms with Gasteiger partial charge >= 0.3 is 0 Å². The molecular weight excluding hydrogens is 380 g/mol. The first-order chi connectivity index (χ1) is 14.6. The number of hydrogen-bond acceptors (Lipinski definition) is 6. The number of rotatable bonds is 7. The number of carbonyl (C=O) groups excluding carboxylic acids is 1. The summed E-state index contributed by atoms with van der Waals surface area (Å²) in [5.41, 5.74) is 2.47. The molecular formula is C23H26N4O3. The van der Waals surface area contributed by atoms with Gasteiger partial charge in [0.05, 0.1) is 14.2 Å². The van der Waals surface area contributed by atoms with Crippen LogP contribution in [-0.2, 0) is 4.79 Å². The predicted octanol–water partition coefficient (Wildman–Crippen LogP) is 4.15. The van der Waals surface area contributed by atoms with Crippen LogP contribution in [0.5, 0.6) is 11.5 Å². The van der Waals surface area contributed by atoms with E-state index in [9.17, 15) is 10.1 Å². The van der Waals surface area contributed by atoms with E-state index in [1.165, 1.54) is 45.4 Å². The van der Waals surface area contributed by atoms with Gasteiger partial charge in [0.15, 0.2) is 11.5 Å². The molecule has 156 valence electrons. The molecule has 1 fully saturated rings. The van der Waals surface area contributed by atoms with Gasteiger partial charge in [0, 0.05) is 42.4 Å². The fourth-order valence-corrected chi connectivity index (χ4v) is 3.34. The topological polar surface area (TPSA) is 86.6 Å². The molecule has 0 aromatic heterocycles. The second-order valence-corrected chi connectivity index (χ2v) is 6.93. The monoisotopic (exact) mass is 406 g/mol. The molecule has 2 aromatic rings. The van der Waals surface area contributed by atoms with Crippen molar-refractivity contribution in [2.75, 3.05) is 42.8 Å². The van der Waals surface area contributed by atoms with Gasteiger partial charge in [0.1, 0.15) is 11.6 Å². The minimum atomic E-state index is -0.512. The fraction of sp³-hybridized carbons (Fsp3) is 0.304. The van der Waals surface area contributed by atoms with Crippen LogP contribution in [0.1, 0.15) is 19.3 Å². The lowest BCUT2D eigenvalue weighted by atomic mass is 10.1. The lowest BCUT2D eigenvalue weighted by Crippen LogP contribution is -2.29. The first kappa shape index (κ1) is 21.1. The van der Waals surface area contributed by atoms with Gasteiger partial charge in [0.2, 0.25) is 0 Å². The third kappa shape index (κ3) is 5.23. The number of ether oxygens (including phenoxy) is 2. The van der Waals surface area contributed by atoms with Crippen molar-refractivity contribution in [1.29, 1.82) is 5.26 Å². The summed E-state index contributed by atoms with van der Waals surface area (Å²) in [5, 5.41) is 15.1. The number of nitrogens with zero attached hydrogens (tertiary/aromatic N) is 2. The summed E-state index contributed by atoms with van der Waals surface area (Å²) in [6, 6.07) is 14.9. The number of nitrogens with one attached hydrogen (secondary N) is 2. The highest BCUT2D eigenvalue weighted by molar-refractivity contribution is 6.06. The Morgan fingerprint density at radius 3 is 2.30 bits per heavy atom. The first-order valence-corrected chi connectivity index (χ1v) is 9.90. The molecule has 1 aliphatic heterocycles. The zero-order valence-corrected chi connectivity index (χ0v) is 17.3. The van der Waals surface area contributed by atoms with E-state index < -0.39 is 5.91 Å². The Morgan fingerprint density at radius 2 is 1.67 bits per heavy atom. The standard InChI is InChI=1S/C23H26N4O3/c1-29-21-11-8-19(14-22(21)30-2)26-23(28)17(15-24)16-25-18-6-9-20(10-7-18)27-12-4-3-5-13-27/h6-11,14,16,25H,3-5,12-13H2,1-2H3,(H,26,28)/b17-16-. The molecule has 3 rings (SSSR count). The molecule has 0 atom stereocenters. The maximum Gasteiger partial charge on any atom is 0.267 e. The van der Waals surface area contributed by atoms with Crippen LogP contribution in [0.3, 0.4) is 0 Å². The van der Waals surface area contributed by atoms with Gasteiger partial charge in [-0.2, -0.15) is 5.26 Å². The van der Waals surface area contributed by atoms with E-state index in [4.69, 9.17) is 9.47 Å². The SMILES string of the molecule is COc1ccc(NC(=O)/C(C#N)=C\Nc2ccc(N3CCCCC3)cc2)cc1OC. The molecule has 1 amide bonds. The van der Waals surface area contributed by atoms with Crippen LogP contribution in [0.4, 0.5) is 17.1 Å². The number of carbonyl (C=O) groups is 1. The number of amides is 1. The molecule has 1 heterocycles. The molecule has 0 aliphatic carbocycles. The van der Waals surface area contributed by atoms with Crippen LogP contribution in [0.2, 0.25) is 0 Å². The zero-order valence-electron chi connectivity index (χ0n) is 17.3. The second-order valence-electron chi connectivity index (χ2n) is 6.93. The summed E-state index contributed by atoms with van der Waals surface area (Å²) in [6.45, 7) is 2.17. The lowest BCUT2D eigenvalue weighted by molar-refractivity contribution is -0.112. The molecule has 0 saturated carbocycles. The van der Waals surface area contributed by atoms with E-state index in [1.54, 1.807) is 18.2 Å². The van der Waals surface area contributed by atoms with E-state index in [2.05, 4.69) is 27.7 Å². The Balaban J connectivity index is 1.63. The van der Waals surface area contributed by atoms with Gasteiger partial charge in [-0.3, -0.25) is 4.79 Å². The molecule has 0 unspecified atom stereocenters. The minimum absolute atomic E-state index is 0.0371. The van der Waals surface area contributed by atoms with Crippen LogP contribution in [0.15, 0.2) is 54.2 Å². The average molecular weight is 406 g/mol. The highest BCUT2D eigenvalue weighted by Crippen LogP contribution is 2.30. The van der Waals surface area contributed by atoms with E-state index in [0.29, 0.717) is 17.2 Å². The molecule has 0 bridgehead atoms. The van der Waals surface area contributed by atoms with Gasteiger partial charge in [-0.15, -0.1) is 0 Å². The van der Waals surface area contributed by atoms with E-state index in [0.717, 1.165) is 18.8 Å². The molecule has 0 radical (unpaired) electrons. The molecule has 30 heavy (non-hydrogen) atoms. The molecule has 1 saturated heterocycles. The van der Waals surface area contributed by atoms with Crippen LogP contribution >= 0.6 is 0 Å². The summed E-state index contributed by atoms with van der Waals surface area (Å²) in [7, 11) is 3.06. The summed E-state index contributed by atoms with van der Waals surface area (Å²) >= 11 is 0. The lowest BCUT2D eigenvalue weighted by Gasteiger charge is -2.28. The van der Waals surface area contributed by atoms with Gasteiger partial charge in [0.25, 0.3) is 5.91 Å². The molecule has 0 spiro atoms. The average Bonchev–Trinajstić information content (AvgIpc) is 2.80. The smallest absolute Gasteiger partial charge is 0.267 e. The van der Waals surface area contributed by atoms with Crippen molar-refractivity contribution in [2.24, 2.45) is 0 Å². The van der Waals surface area contributed by atoms with Crippen molar-refractivity contribution in [3.8, 4) is 17.6 Å². The predicted molar refractivity (Wildman–Crippen MR) is 118 cm³/mol. The Kier molecular flexibility index (Phi) is 7.17. The molecule has 7 heteroatoms. The van der Waals surface area contributed by atoms with Gasteiger partial charge in [-0.1, -0.05) is 0 Å². The maximum absolute atomic E-state index is 12.5. The maximum atomic E-state index is 12.5. The highest BCUT2D eigenvalue weighted by Gasteiger charge is 2.12. The molecule has 1 aliphatic rings. The van der Waals surface area contributed by atoms with Crippen LogP contribution in [0.25, 0.3) is 0 Å². The number of hydrogen-bond donors (Lipinski definition) is 2. The number of anilines is 3. The van der Waals surface area contributed by atoms with Crippen LogP contribution in [-0.4, -0.2) is 33.2 Å². The quantitative estimate of drug-likeness (QED) is 0.531. The zero-order chi connectivity index (χ0) is 21.3. The van der Waals surface area contributed by atoms with E-state index in [-0.39, 0.29) is 5.57 Å². The number of nitriles is 1. The minimum Gasteiger partial charge on any atom is -0.493 e. The largest absolute Gasteiger partial charge is 0.493 e. The molecule has 7 nitrogen and oxygen atoms in total. The number of benzene rings is 2. The second kappa shape index (κ2) is 10.2. The fourth-order valence-electron chi connectivity index (χ4n) is 3.34. The normalized spacial score (nSPS) is 13.9.